The van der Waals surface area contributed by atoms with Crippen molar-refractivity contribution in [1.29, 1.82) is 0 Å². The molecule has 9 nitrogen and oxygen atoms in total. The van der Waals surface area contributed by atoms with Crippen LogP contribution in [0.2, 0.25) is 0 Å². The lowest BCUT2D eigenvalue weighted by atomic mass is 9.93. The van der Waals surface area contributed by atoms with Crippen LogP contribution < -0.4 is 0 Å². The summed E-state index contributed by atoms with van der Waals surface area (Å²) in [7, 11) is 0. The van der Waals surface area contributed by atoms with Crippen LogP contribution in [0, 0.1) is 0 Å². The van der Waals surface area contributed by atoms with Crippen molar-refractivity contribution < 1.29 is 43.1 Å². The maximum atomic E-state index is 12.6. The molecule has 5 rings (SSSR count). The number of hydrogen-bond acceptors (Lipinski definition) is 8. The molecular formula is C43H46O9. The minimum atomic E-state index is -1.14. The van der Waals surface area contributed by atoms with Crippen LogP contribution in [0.15, 0.2) is 145 Å². The van der Waals surface area contributed by atoms with Crippen LogP contribution in [-0.4, -0.2) is 60.8 Å². The lowest BCUT2D eigenvalue weighted by Crippen LogP contribution is -2.60. The third kappa shape index (κ3) is 12.1. The van der Waals surface area contributed by atoms with E-state index in [0.29, 0.717) is 19.8 Å². The molecule has 272 valence electrons. The summed E-state index contributed by atoms with van der Waals surface area (Å²) in [6.45, 7) is 3.23. The van der Waals surface area contributed by atoms with E-state index in [1.54, 1.807) is 19.1 Å². The summed E-state index contributed by atoms with van der Waals surface area (Å²) in [5, 5.41) is 9.46. The van der Waals surface area contributed by atoms with Crippen molar-refractivity contribution >= 4 is 11.9 Å². The zero-order chi connectivity index (χ0) is 36.4. The average molecular weight is 707 g/mol. The smallest absolute Gasteiger partial charge is 0.334 e. The summed E-state index contributed by atoms with van der Waals surface area (Å²) in [4.78, 5) is 24.2. The van der Waals surface area contributed by atoms with Crippen LogP contribution in [0.3, 0.4) is 0 Å². The van der Waals surface area contributed by atoms with E-state index in [2.05, 4.69) is 0 Å². The van der Waals surface area contributed by atoms with Crippen molar-refractivity contribution in [1.82, 2.24) is 0 Å². The number of benzene rings is 4. The largest absolute Gasteiger partial charge is 0.481 e. The highest BCUT2D eigenvalue weighted by Gasteiger charge is 2.47. The molecule has 0 aromatic heterocycles. The van der Waals surface area contributed by atoms with Crippen LogP contribution >= 0.6 is 0 Å². The first-order chi connectivity index (χ1) is 25.5. The highest BCUT2D eigenvalue weighted by molar-refractivity contribution is 5.93. The second-order valence-electron chi connectivity index (χ2n) is 12.3. The molecular weight excluding hydrogens is 660 g/mol. The fourth-order valence-corrected chi connectivity index (χ4v) is 5.85. The van der Waals surface area contributed by atoms with E-state index in [-0.39, 0.29) is 25.4 Å². The number of allylic oxidation sites excluding steroid dienone is 2. The van der Waals surface area contributed by atoms with Gasteiger partial charge in [-0.05, 0) is 29.2 Å². The number of esters is 1. The van der Waals surface area contributed by atoms with Gasteiger partial charge in [-0.15, -0.1) is 0 Å². The molecule has 1 aliphatic rings. The molecule has 1 N–H and O–H groups in total. The van der Waals surface area contributed by atoms with E-state index in [1.165, 1.54) is 6.08 Å². The molecule has 1 saturated heterocycles. The van der Waals surface area contributed by atoms with Crippen LogP contribution in [-0.2, 0) is 64.4 Å². The summed E-state index contributed by atoms with van der Waals surface area (Å²) < 4.78 is 38.2. The van der Waals surface area contributed by atoms with Gasteiger partial charge in [0.2, 0.25) is 0 Å². The number of hydrogen-bond donors (Lipinski definition) is 1. The molecule has 1 heterocycles. The number of carboxylic acids is 1. The van der Waals surface area contributed by atoms with Gasteiger partial charge >= 0.3 is 11.9 Å². The van der Waals surface area contributed by atoms with Gasteiger partial charge in [0.25, 0.3) is 0 Å². The normalized spacial score (nSPS) is 20.5. The molecule has 0 radical (unpaired) electrons. The first-order valence-electron chi connectivity index (χ1n) is 17.5. The van der Waals surface area contributed by atoms with Crippen molar-refractivity contribution in [3.8, 4) is 0 Å². The lowest BCUT2D eigenvalue weighted by molar-refractivity contribution is -0.263. The van der Waals surface area contributed by atoms with E-state index in [9.17, 15) is 14.7 Å². The molecule has 0 spiro atoms. The Bertz CT molecular complexity index is 1690. The molecule has 1 fully saturated rings. The Balaban J connectivity index is 1.50. The summed E-state index contributed by atoms with van der Waals surface area (Å²) in [6, 6.07) is 39.5. The Kier molecular flexibility index (Phi) is 15.4. The van der Waals surface area contributed by atoms with Gasteiger partial charge in [-0.1, -0.05) is 140 Å². The molecule has 9 heteroatoms. The number of carbonyl (C=O) groups excluding carboxylic acids is 1. The third-order valence-corrected chi connectivity index (χ3v) is 8.40. The second-order valence-corrected chi connectivity index (χ2v) is 12.3. The SMILES string of the molecule is CCOC(=O)/C(=C/C=C/[C@@H]1O[C@H](COCc2ccccc2)[C@@H](OCc2ccccc2)[C@H](OCc2ccccc2)[C@H]1OCc1ccccc1)CC(=O)O. The highest BCUT2D eigenvalue weighted by atomic mass is 16.6. The summed E-state index contributed by atoms with van der Waals surface area (Å²) in [5.41, 5.74) is 3.97. The minimum absolute atomic E-state index is 0.00635. The van der Waals surface area contributed by atoms with Gasteiger partial charge < -0.3 is 33.5 Å². The van der Waals surface area contributed by atoms with Crippen LogP contribution in [0.25, 0.3) is 0 Å². The predicted molar refractivity (Wildman–Crippen MR) is 196 cm³/mol. The Morgan fingerprint density at radius 2 is 1.12 bits per heavy atom. The first-order valence-corrected chi connectivity index (χ1v) is 17.5. The molecule has 0 amide bonds. The van der Waals surface area contributed by atoms with Gasteiger partial charge in [0.15, 0.2) is 0 Å². The summed E-state index contributed by atoms with van der Waals surface area (Å²) in [5.74, 6) is -1.84. The Labute approximate surface area is 305 Å². The third-order valence-electron chi connectivity index (χ3n) is 8.40. The molecule has 0 aliphatic carbocycles. The van der Waals surface area contributed by atoms with Gasteiger partial charge in [0.05, 0.1) is 46.1 Å². The van der Waals surface area contributed by atoms with E-state index < -0.39 is 48.9 Å². The second kappa shape index (κ2) is 20.8. The molecule has 0 unspecified atom stereocenters. The number of carboxylic acid groups (broad SMARTS) is 1. The van der Waals surface area contributed by atoms with Crippen molar-refractivity contribution in [2.24, 2.45) is 0 Å². The van der Waals surface area contributed by atoms with E-state index >= 15 is 0 Å². The summed E-state index contributed by atoms with van der Waals surface area (Å²) >= 11 is 0. The van der Waals surface area contributed by atoms with Gasteiger partial charge in [-0.25, -0.2) is 4.79 Å². The quantitative estimate of drug-likeness (QED) is 0.0613. The van der Waals surface area contributed by atoms with Crippen molar-refractivity contribution in [3.05, 3.63) is 167 Å². The zero-order valence-electron chi connectivity index (χ0n) is 29.3. The molecule has 1 aliphatic heterocycles. The molecule has 4 aromatic carbocycles. The fourth-order valence-electron chi connectivity index (χ4n) is 5.85. The maximum absolute atomic E-state index is 12.6. The number of ether oxygens (including phenoxy) is 6. The van der Waals surface area contributed by atoms with Crippen molar-refractivity contribution in [3.63, 3.8) is 0 Å². The lowest BCUT2D eigenvalue weighted by Gasteiger charge is -2.45. The highest BCUT2D eigenvalue weighted by Crippen LogP contribution is 2.32. The number of aliphatic carboxylic acids is 1. The van der Waals surface area contributed by atoms with Gasteiger partial charge in [0, 0.05) is 5.57 Å². The monoisotopic (exact) mass is 706 g/mol. The number of rotatable bonds is 19. The maximum Gasteiger partial charge on any atom is 0.334 e. The van der Waals surface area contributed by atoms with E-state index in [4.69, 9.17) is 28.4 Å². The number of carbonyl (C=O) groups is 2. The molecule has 0 saturated carbocycles. The molecule has 52 heavy (non-hydrogen) atoms. The Hall–Kier alpha value is -4.90. The molecule has 0 bridgehead atoms. The van der Waals surface area contributed by atoms with Crippen LogP contribution in [0.4, 0.5) is 0 Å². The van der Waals surface area contributed by atoms with Crippen molar-refractivity contribution in [2.45, 2.75) is 70.3 Å². The minimum Gasteiger partial charge on any atom is -0.481 e. The molecule has 5 atom stereocenters. The predicted octanol–water partition coefficient (Wildman–Crippen LogP) is 7.25. The first kappa shape index (κ1) is 38.3. The van der Waals surface area contributed by atoms with Crippen molar-refractivity contribution in [2.75, 3.05) is 13.2 Å². The average Bonchev–Trinajstić information content (AvgIpc) is 3.17. The van der Waals surface area contributed by atoms with Gasteiger partial charge in [-0.2, -0.15) is 0 Å². The van der Waals surface area contributed by atoms with Crippen LogP contribution in [0.1, 0.15) is 35.6 Å². The Morgan fingerprint density at radius 3 is 1.60 bits per heavy atom. The Morgan fingerprint density at radius 1 is 0.654 bits per heavy atom. The topological polar surface area (TPSA) is 110 Å². The van der Waals surface area contributed by atoms with Gasteiger partial charge in [-0.3, -0.25) is 4.79 Å². The van der Waals surface area contributed by atoms with E-state index in [1.807, 2.05) is 121 Å². The summed E-state index contributed by atoms with van der Waals surface area (Å²) in [6.07, 6.45) is 1.12. The zero-order valence-corrected chi connectivity index (χ0v) is 29.3. The van der Waals surface area contributed by atoms with Crippen LogP contribution in [0.5, 0.6) is 0 Å². The molecule has 4 aromatic rings. The standard InChI is InChI=1S/C43H46O9/c1-2-48-43(46)36(26-39(44)45)24-15-25-37-40(49-28-33-18-9-4-10-19-33)42(51-30-35-22-13-6-14-23-35)41(50-29-34-20-11-5-12-21-34)38(52-37)31-47-27-32-16-7-3-8-17-32/h3-25,37-38,40-42H,2,26-31H2,1H3,(H,44,45)/b25-15+,36-24+/t37-,38+,40-,41+,42+/m0/s1. The van der Waals surface area contributed by atoms with E-state index in [0.717, 1.165) is 22.3 Å². The fraction of sp³-hybridized carbons (Fsp3) is 0.302. The van der Waals surface area contributed by atoms with Gasteiger partial charge in [0.1, 0.15) is 30.5 Å².